The van der Waals surface area contributed by atoms with E-state index in [9.17, 15) is 9.59 Å². The maximum atomic E-state index is 12.4. The van der Waals surface area contributed by atoms with Gasteiger partial charge in [-0.3, -0.25) is 9.59 Å². The summed E-state index contributed by atoms with van der Waals surface area (Å²) in [5.41, 5.74) is 0.255. The van der Waals surface area contributed by atoms with Crippen LogP contribution in [0.2, 0.25) is 0 Å². The van der Waals surface area contributed by atoms with Crippen molar-refractivity contribution in [3.63, 3.8) is 0 Å². The lowest BCUT2D eigenvalue weighted by molar-refractivity contribution is -0.140. The number of piperidine rings is 1. The molecule has 2 amide bonds. The summed E-state index contributed by atoms with van der Waals surface area (Å²) in [6.07, 6.45) is 3.25. The van der Waals surface area contributed by atoms with Crippen LogP contribution in [-0.4, -0.2) is 42.5 Å². The van der Waals surface area contributed by atoms with Gasteiger partial charge in [0, 0.05) is 30.1 Å². The Kier molecular flexibility index (Phi) is 6.23. The van der Waals surface area contributed by atoms with Crippen LogP contribution in [0.15, 0.2) is 36.9 Å². The van der Waals surface area contributed by atoms with E-state index in [0.717, 1.165) is 12.8 Å². The van der Waals surface area contributed by atoms with Crippen LogP contribution >= 0.6 is 0 Å². The minimum Gasteiger partial charge on any atom is -0.490 e. The molecule has 25 heavy (non-hydrogen) atoms. The molecule has 1 aliphatic heterocycles. The Bertz CT molecular complexity index is 609. The maximum absolute atomic E-state index is 12.4. The molecular formula is C20H28N2O3. The lowest BCUT2D eigenvalue weighted by atomic mass is 9.93. The molecule has 0 aliphatic carbocycles. The van der Waals surface area contributed by atoms with Crippen LogP contribution in [-0.2, 0) is 4.79 Å². The predicted molar refractivity (Wildman–Crippen MR) is 98.7 cm³/mol. The second-order valence-electron chi connectivity index (χ2n) is 7.41. The molecule has 0 unspecified atom stereocenters. The van der Waals surface area contributed by atoms with Crippen molar-refractivity contribution in [1.29, 1.82) is 0 Å². The van der Waals surface area contributed by atoms with Crippen LogP contribution in [0.4, 0.5) is 0 Å². The molecule has 1 aliphatic rings. The standard InChI is InChI=1S/C20H28N2O3/c1-5-14-25-17-8-6-15(7-9-17)18(23)21-16-10-12-22(13-11-16)19(24)20(2,3)4/h5-9,16H,1,10-14H2,2-4H3,(H,21,23). The average Bonchev–Trinajstić information content (AvgIpc) is 2.59. The largest absolute Gasteiger partial charge is 0.490 e. The molecule has 0 spiro atoms. The zero-order valence-corrected chi connectivity index (χ0v) is 15.4. The molecule has 5 heteroatoms. The van der Waals surface area contributed by atoms with Gasteiger partial charge >= 0.3 is 0 Å². The molecular weight excluding hydrogens is 316 g/mol. The minimum absolute atomic E-state index is 0.0872. The first-order valence-electron chi connectivity index (χ1n) is 8.75. The topological polar surface area (TPSA) is 58.6 Å². The first-order chi connectivity index (χ1) is 11.8. The van der Waals surface area contributed by atoms with Crippen LogP contribution in [0.25, 0.3) is 0 Å². The molecule has 0 saturated carbocycles. The van der Waals surface area contributed by atoms with E-state index in [1.54, 1.807) is 30.3 Å². The molecule has 1 N–H and O–H groups in total. The van der Waals surface area contributed by atoms with Gasteiger partial charge in [-0.15, -0.1) is 0 Å². The molecule has 1 saturated heterocycles. The third kappa shape index (κ3) is 5.34. The van der Waals surface area contributed by atoms with Crippen LogP contribution in [0.5, 0.6) is 5.75 Å². The van der Waals surface area contributed by atoms with Crippen LogP contribution in [0, 0.1) is 5.41 Å². The number of ether oxygens (including phenoxy) is 1. The minimum atomic E-state index is -0.356. The van der Waals surface area contributed by atoms with E-state index in [4.69, 9.17) is 4.74 Å². The highest BCUT2D eigenvalue weighted by Crippen LogP contribution is 2.21. The molecule has 2 rings (SSSR count). The third-order valence-corrected chi connectivity index (χ3v) is 4.24. The smallest absolute Gasteiger partial charge is 0.251 e. The van der Waals surface area contributed by atoms with E-state index in [-0.39, 0.29) is 23.3 Å². The highest BCUT2D eigenvalue weighted by Gasteiger charge is 2.30. The molecule has 1 fully saturated rings. The molecule has 0 radical (unpaired) electrons. The summed E-state index contributed by atoms with van der Waals surface area (Å²) in [6, 6.07) is 7.18. The van der Waals surface area contributed by atoms with E-state index in [2.05, 4.69) is 11.9 Å². The zero-order valence-electron chi connectivity index (χ0n) is 15.4. The van der Waals surface area contributed by atoms with Crippen molar-refractivity contribution in [2.24, 2.45) is 5.41 Å². The normalized spacial score (nSPS) is 15.6. The number of hydrogen-bond acceptors (Lipinski definition) is 3. The second-order valence-corrected chi connectivity index (χ2v) is 7.41. The van der Waals surface area contributed by atoms with Gasteiger partial charge in [0.25, 0.3) is 5.91 Å². The van der Waals surface area contributed by atoms with Crippen LogP contribution < -0.4 is 10.1 Å². The maximum Gasteiger partial charge on any atom is 0.251 e. The summed E-state index contributed by atoms with van der Waals surface area (Å²) in [7, 11) is 0. The average molecular weight is 344 g/mol. The first-order valence-corrected chi connectivity index (χ1v) is 8.75. The Morgan fingerprint density at radius 1 is 1.24 bits per heavy atom. The molecule has 0 aromatic heterocycles. The number of nitrogens with one attached hydrogen (secondary N) is 1. The Labute approximate surface area is 150 Å². The molecule has 0 bridgehead atoms. The van der Waals surface area contributed by atoms with Crippen molar-refractivity contribution < 1.29 is 14.3 Å². The SMILES string of the molecule is C=CCOc1ccc(C(=O)NC2CCN(C(=O)C(C)(C)C)CC2)cc1. The Hall–Kier alpha value is -2.30. The van der Waals surface area contributed by atoms with Crippen LogP contribution in [0.3, 0.4) is 0 Å². The number of amides is 2. The lowest BCUT2D eigenvalue weighted by Crippen LogP contribution is -2.49. The molecule has 1 heterocycles. The quantitative estimate of drug-likeness (QED) is 0.835. The summed E-state index contributed by atoms with van der Waals surface area (Å²) in [4.78, 5) is 26.6. The fourth-order valence-corrected chi connectivity index (χ4v) is 2.83. The summed E-state index contributed by atoms with van der Waals surface area (Å²) in [5.74, 6) is 0.800. The van der Waals surface area contributed by atoms with E-state index >= 15 is 0 Å². The zero-order chi connectivity index (χ0) is 18.4. The monoisotopic (exact) mass is 344 g/mol. The number of carbonyl (C=O) groups excluding carboxylic acids is 2. The lowest BCUT2D eigenvalue weighted by Gasteiger charge is -2.36. The number of carbonyl (C=O) groups is 2. The fourth-order valence-electron chi connectivity index (χ4n) is 2.83. The van der Waals surface area contributed by atoms with Crippen molar-refractivity contribution in [1.82, 2.24) is 10.2 Å². The van der Waals surface area contributed by atoms with Gasteiger partial charge in [0.15, 0.2) is 0 Å². The van der Waals surface area contributed by atoms with Gasteiger partial charge in [0.1, 0.15) is 12.4 Å². The first kappa shape index (κ1) is 19.0. The van der Waals surface area contributed by atoms with Crippen LogP contribution in [0.1, 0.15) is 44.0 Å². The third-order valence-electron chi connectivity index (χ3n) is 4.24. The Morgan fingerprint density at radius 2 is 1.84 bits per heavy atom. The second kappa shape index (κ2) is 8.19. The molecule has 0 atom stereocenters. The van der Waals surface area contributed by atoms with Crippen molar-refractivity contribution >= 4 is 11.8 Å². The van der Waals surface area contributed by atoms with Crippen molar-refractivity contribution in [2.75, 3.05) is 19.7 Å². The highest BCUT2D eigenvalue weighted by atomic mass is 16.5. The van der Waals surface area contributed by atoms with Gasteiger partial charge in [-0.2, -0.15) is 0 Å². The van der Waals surface area contributed by atoms with E-state index < -0.39 is 0 Å². The molecule has 1 aromatic rings. The van der Waals surface area contributed by atoms with E-state index in [0.29, 0.717) is 31.0 Å². The number of benzene rings is 1. The highest BCUT2D eigenvalue weighted by molar-refractivity contribution is 5.94. The van der Waals surface area contributed by atoms with E-state index in [1.165, 1.54) is 0 Å². The van der Waals surface area contributed by atoms with Gasteiger partial charge in [-0.25, -0.2) is 0 Å². The van der Waals surface area contributed by atoms with Gasteiger partial charge in [0.2, 0.25) is 5.91 Å². The number of nitrogens with zero attached hydrogens (tertiary/aromatic N) is 1. The number of likely N-dealkylation sites (tertiary alicyclic amines) is 1. The predicted octanol–water partition coefficient (Wildman–Crippen LogP) is 3.02. The van der Waals surface area contributed by atoms with Gasteiger partial charge in [-0.05, 0) is 37.1 Å². The summed E-state index contributed by atoms with van der Waals surface area (Å²) < 4.78 is 5.41. The molecule has 5 nitrogen and oxygen atoms in total. The van der Waals surface area contributed by atoms with Gasteiger partial charge < -0.3 is 15.0 Å². The summed E-state index contributed by atoms with van der Waals surface area (Å²) >= 11 is 0. The summed E-state index contributed by atoms with van der Waals surface area (Å²) in [6.45, 7) is 11.2. The Morgan fingerprint density at radius 3 is 2.36 bits per heavy atom. The number of hydrogen-bond donors (Lipinski definition) is 1. The van der Waals surface area contributed by atoms with Crippen molar-refractivity contribution in [3.8, 4) is 5.75 Å². The van der Waals surface area contributed by atoms with Crippen molar-refractivity contribution in [2.45, 2.75) is 39.7 Å². The fraction of sp³-hybridized carbons (Fsp3) is 0.500. The van der Waals surface area contributed by atoms with E-state index in [1.807, 2.05) is 25.7 Å². The summed E-state index contributed by atoms with van der Waals surface area (Å²) in [5, 5.41) is 3.06. The van der Waals surface area contributed by atoms with Crippen molar-refractivity contribution in [3.05, 3.63) is 42.5 Å². The molecule has 136 valence electrons. The number of rotatable bonds is 5. The van der Waals surface area contributed by atoms with Gasteiger partial charge in [0.05, 0.1) is 0 Å². The molecule has 1 aromatic carbocycles. The Balaban J connectivity index is 1.84. The van der Waals surface area contributed by atoms with Gasteiger partial charge in [-0.1, -0.05) is 33.4 Å².